The molecule has 1 aromatic carbocycles. The lowest BCUT2D eigenvalue weighted by atomic mass is 10.1. The smallest absolute Gasteiger partial charge is 0.326 e. The molecular weight excluding hydrogens is 282 g/mol. The molecule has 0 unspecified atom stereocenters. The normalized spacial score (nSPS) is 11.7. The molecule has 0 bridgehead atoms. The van der Waals surface area contributed by atoms with Crippen molar-refractivity contribution >= 4 is 21.6 Å². The summed E-state index contributed by atoms with van der Waals surface area (Å²) in [7, 11) is -4.01. The molecule has 2 aromatic rings. The molecular formula is C9H8ClN3O4S. The summed E-state index contributed by atoms with van der Waals surface area (Å²) in [4.78, 5) is 15.1. The van der Waals surface area contributed by atoms with Crippen LogP contribution >= 0.6 is 11.6 Å². The first-order valence-corrected chi connectivity index (χ1v) is 6.55. The third kappa shape index (κ3) is 2.26. The number of primary sulfonamides is 1. The minimum absolute atomic E-state index is 0.0147. The first-order valence-electron chi connectivity index (χ1n) is 4.63. The Bertz CT molecular complexity index is 762. The zero-order valence-corrected chi connectivity index (χ0v) is 10.3. The average molecular weight is 290 g/mol. The van der Waals surface area contributed by atoms with Gasteiger partial charge in [0.15, 0.2) is 0 Å². The van der Waals surface area contributed by atoms with Gasteiger partial charge >= 0.3 is 5.69 Å². The third-order valence-corrected chi connectivity index (χ3v) is 3.43. The maximum absolute atomic E-state index is 11.4. The zero-order chi connectivity index (χ0) is 13.5. The third-order valence-electron chi connectivity index (χ3n) is 2.22. The largest absolute Gasteiger partial charge is 0.493 e. The Balaban J connectivity index is 2.82. The Morgan fingerprint density at radius 3 is 2.44 bits per heavy atom. The van der Waals surface area contributed by atoms with E-state index in [-0.39, 0.29) is 21.2 Å². The van der Waals surface area contributed by atoms with E-state index in [1.807, 2.05) is 0 Å². The number of aromatic amines is 2. The van der Waals surface area contributed by atoms with Crippen LogP contribution in [-0.2, 0) is 10.0 Å². The van der Waals surface area contributed by atoms with E-state index < -0.39 is 21.6 Å². The van der Waals surface area contributed by atoms with Crippen LogP contribution in [0, 0.1) is 0 Å². The van der Waals surface area contributed by atoms with E-state index in [1.165, 1.54) is 18.2 Å². The SMILES string of the molecule is NS(=O)(=O)c1ccc(Cl)cc1-c1[nH]c(=O)[nH]c1O. The molecule has 2 rings (SSSR count). The highest BCUT2D eigenvalue weighted by atomic mass is 35.5. The first-order chi connectivity index (χ1) is 8.29. The molecule has 9 heteroatoms. The topological polar surface area (TPSA) is 129 Å². The summed E-state index contributed by atoms with van der Waals surface area (Å²) in [5, 5.41) is 14.8. The monoisotopic (exact) mass is 289 g/mol. The van der Waals surface area contributed by atoms with Gasteiger partial charge in [0.2, 0.25) is 15.9 Å². The van der Waals surface area contributed by atoms with Gasteiger partial charge in [-0.1, -0.05) is 11.6 Å². The minimum atomic E-state index is -4.01. The van der Waals surface area contributed by atoms with Gasteiger partial charge in [0.05, 0.1) is 4.90 Å². The molecule has 96 valence electrons. The van der Waals surface area contributed by atoms with Crippen molar-refractivity contribution in [1.29, 1.82) is 0 Å². The van der Waals surface area contributed by atoms with Crippen molar-refractivity contribution in [3.05, 3.63) is 33.7 Å². The highest BCUT2D eigenvalue weighted by Crippen LogP contribution is 2.31. The van der Waals surface area contributed by atoms with Crippen LogP contribution < -0.4 is 10.8 Å². The number of rotatable bonds is 2. The van der Waals surface area contributed by atoms with Gasteiger partial charge in [-0.3, -0.25) is 4.98 Å². The van der Waals surface area contributed by atoms with Gasteiger partial charge < -0.3 is 10.1 Å². The Morgan fingerprint density at radius 2 is 1.94 bits per heavy atom. The average Bonchev–Trinajstić information content (AvgIpc) is 2.55. The maximum atomic E-state index is 11.4. The van der Waals surface area contributed by atoms with Crippen LogP contribution in [0.2, 0.25) is 5.02 Å². The number of sulfonamides is 1. The quantitative estimate of drug-likeness (QED) is 0.636. The predicted molar refractivity (Wildman–Crippen MR) is 64.9 cm³/mol. The van der Waals surface area contributed by atoms with E-state index >= 15 is 0 Å². The van der Waals surface area contributed by atoms with Gasteiger partial charge in [-0.25, -0.2) is 18.4 Å². The number of halogens is 1. The predicted octanol–water partition coefficient (Wildman–Crippen LogP) is 0.376. The molecule has 0 spiro atoms. The van der Waals surface area contributed by atoms with E-state index in [0.717, 1.165) is 0 Å². The fourth-order valence-electron chi connectivity index (χ4n) is 1.51. The number of nitrogens with two attached hydrogens (primary N) is 1. The number of H-pyrrole nitrogens is 2. The van der Waals surface area contributed by atoms with Crippen LogP contribution in [0.3, 0.4) is 0 Å². The molecule has 0 aliphatic heterocycles. The molecule has 0 saturated carbocycles. The molecule has 7 nitrogen and oxygen atoms in total. The molecule has 0 amide bonds. The number of hydrogen-bond acceptors (Lipinski definition) is 4. The van der Waals surface area contributed by atoms with Gasteiger partial charge in [0, 0.05) is 10.6 Å². The molecule has 0 aliphatic carbocycles. The summed E-state index contributed by atoms with van der Waals surface area (Å²) in [6, 6.07) is 3.81. The van der Waals surface area contributed by atoms with Crippen LogP contribution in [0.5, 0.6) is 5.88 Å². The van der Waals surface area contributed by atoms with E-state index in [9.17, 15) is 18.3 Å². The Kier molecular flexibility index (Phi) is 2.93. The number of aromatic nitrogens is 2. The van der Waals surface area contributed by atoms with Crippen molar-refractivity contribution in [2.75, 3.05) is 0 Å². The van der Waals surface area contributed by atoms with Crippen LogP contribution in [0.4, 0.5) is 0 Å². The first kappa shape index (κ1) is 12.7. The molecule has 0 atom stereocenters. The number of imidazole rings is 1. The zero-order valence-electron chi connectivity index (χ0n) is 8.77. The Labute approximate surface area is 106 Å². The summed E-state index contributed by atoms with van der Waals surface area (Å²) in [6.07, 6.45) is 0. The fraction of sp³-hybridized carbons (Fsp3) is 0. The number of hydrogen-bond donors (Lipinski definition) is 4. The Morgan fingerprint density at radius 1 is 1.28 bits per heavy atom. The molecule has 0 fully saturated rings. The van der Waals surface area contributed by atoms with E-state index in [4.69, 9.17) is 16.7 Å². The van der Waals surface area contributed by atoms with Crippen molar-refractivity contribution in [2.24, 2.45) is 5.14 Å². The van der Waals surface area contributed by atoms with E-state index in [2.05, 4.69) is 9.97 Å². The standard InChI is InChI=1S/C9H8ClN3O4S/c10-4-1-2-6(18(11,16)17)5(3-4)7-8(14)13-9(15)12-7/h1-3,14H,(H2,11,16,17)(H2,12,13,15). The fourth-order valence-corrected chi connectivity index (χ4v) is 2.41. The van der Waals surface area contributed by atoms with E-state index in [1.54, 1.807) is 0 Å². The van der Waals surface area contributed by atoms with Gasteiger partial charge in [-0.15, -0.1) is 0 Å². The minimum Gasteiger partial charge on any atom is -0.493 e. The summed E-state index contributed by atoms with van der Waals surface area (Å²) in [5.74, 6) is -0.493. The summed E-state index contributed by atoms with van der Waals surface area (Å²) >= 11 is 5.76. The molecule has 5 N–H and O–H groups in total. The molecule has 0 radical (unpaired) electrons. The second-order valence-corrected chi connectivity index (χ2v) is 5.45. The van der Waals surface area contributed by atoms with Gasteiger partial charge in [-0.05, 0) is 18.2 Å². The highest BCUT2D eigenvalue weighted by molar-refractivity contribution is 7.89. The molecule has 18 heavy (non-hydrogen) atoms. The number of nitrogens with one attached hydrogen (secondary N) is 2. The summed E-state index contributed by atoms with van der Waals surface area (Å²) < 4.78 is 22.8. The van der Waals surface area contributed by atoms with E-state index in [0.29, 0.717) is 0 Å². The van der Waals surface area contributed by atoms with Crippen molar-refractivity contribution in [3.63, 3.8) is 0 Å². The molecule has 0 aliphatic rings. The molecule has 1 heterocycles. The van der Waals surface area contributed by atoms with Crippen LogP contribution in [-0.4, -0.2) is 23.5 Å². The van der Waals surface area contributed by atoms with Crippen LogP contribution in [0.15, 0.2) is 27.9 Å². The summed E-state index contributed by atoms with van der Waals surface area (Å²) in [6.45, 7) is 0. The molecule has 1 aromatic heterocycles. The van der Waals surface area contributed by atoms with Gasteiger partial charge in [-0.2, -0.15) is 0 Å². The lowest BCUT2D eigenvalue weighted by molar-refractivity contribution is 0.457. The number of benzene rings is 1. The van der Waals surface area contributed by atoms with Crippen LogP contribution in [0.25, 0.3) is 11.3 Å². The van der Waals surface area contributed by atoms with Crippen LogP contribution in [0.1, 0.15) is 0 Å². The second kappa shape index (κ2) is 4.16. The lowest BCUT2D eigenvalue weighted by Gasteiger charge is -2.06. The Hall–Kier alpha value is -1.77. The molecule has 0 saturated heterocycles. The van der Waals surface area contributed by atoms with Crippen molar-refractivity contribution in [3.8, 4) is 17.1 Å². The lowest BCUT2D eigenvalue weighted by Crippen LogP contribution is -2.13. The van der Waals surface area contributed by atoms with Gasteiger partial charge in [0.25, 0.3) is 0 Å². The van der Waals surface area contributed by atoms with Crippen molar-refractivity contribution < 1.29 is 13.5 Å². The highest BCUT2D eigenvalue weighted by Gasteiger charge is 2.19. The van der Waals surface area contributed by atoms with Crippen molar-refractivity contribution in [1.82, 2.24) is 9.97 Å². The van der Waals surface area contributed by atoms with Crippen molar-refractivity contribution in [2.45, 2.75) is 4.90 Å². The number of aromatic hydroxyl groups is 1. The van der Waals surface area contributed by atoms with Gasteiger partial charge in [0.1, 0.15) is 5.69 Å². The maximum Gasteiger partial charge on any atom is 0.326 e. The second-order valence-electron chi connectivity index (χ2n) is 3.49. The summed E-state index contributed by atoms with van der Waals surface area (Å²) in [5.41, 5.74) is -0.754.